The Morgan fingerprint density at radius 3 is 2.37 bits per heavy atom. The fraction of sp³-hybridized carbons (Fsp3) is 0.278. The van der Waals surface area contributed by atoms with Crippen molar-refractivity contribution in [1.29, 1.82) is 0 Å². The van der Waals surface area contributed by atoms with Crippen molar-refractivity contribution < 1.29 is 22.0 Å². The number of halogens is 2. The van der Waals surface area contributed by atoms with Crippen molar-refractivity contribution in [2.24, 2.45) is 0 Å². The molecule has 27 heavy (non-hydrogen) atoms. The van der Waals surface area contributed by atoms with Crippen LogP contribution in [0.25, 0.3) is 0 Å². The molecule has 0 aliphatic carbocycles. The molecular weight excluding hydrogens is 376 g/mol. The van der Waals surface area contributed by atoms with Crippen molar-refractivity contribution >= 4 is 27.3 Å². The summed E-state index contributed by atoms with van der Waals surface area (Å²) in [5, 5.41) is 2.60. The van der Waals surface area contributed by atoms with Gasteiger partial charge in [-0.25, -0.2) is 17.2 Å². The van der Waals surface area contributed by atoms with Crippen LogP contribution in [0.1, 0.15) is 0 Å². The van der Waals surface area contributed by atoms with E-state index in [-0.39, 0.29) is 12.2 Å². The maximum Gasteiger partial charge on any atom is 0.240 e. The van der Waals surface area contributed by atoms with Gasteiger partial charge in [-0.2, -0.15) is 0 Å². The number of hydrogen-bond donors (Lipinski definition) is 1. The Morgan fingerprint density at radius 1 is 1.11 bits per heavy atom. The van der Waals surface area contributed by atoms with E-state index in [4.69, 9.17) is 0 Å². The SMILES string of the molecule is CN(CCNC(=O)CN(c1ccc(F)cc1F)S(C)(=O)=O)c1ccccc1. The Kier molecular flexibility index (Phi) is 6.73. The van der Waals surface area contributed by atoms with Gasteiger partial charge in [0.15, 0.2) is 0 Å². The number of nitrogens with zero attached hydrogens (tertiary/aromatic N) is 2. The maximum absolute atomic E-state index is 13.9. The van der Waals surface area contributed by atoms with Crippen molar-refractivity contribution in [3.05, 3.63) is 60.2 Å². The Bertz CT molecular complexity index is 892. The first kappa shape index (κ1) is 20.6. The summed E-state index contributed by atoms with van der Waals surface area (Å²) >= 11 is 0. The van der Waals surface area contributed by atoms with Crippen LogP contribution < -0.4 is 14.5 Å². The molecule has 0 atom stereocenters. The van der Waals surface area contributed by atoms with Crippen LogP contribution in [0.15, 0.2) is 48.5 Å². The molecule has 1 N–H and O–H groups in total. The van der Waals surface area contributed by atoms with E-state index in [9.17, 15) is 22.0 Å². The minimum absolute atomic E-state index is 0.272. The molecule has 0 aliphatic heterocycles. The first-order chi connectivity index (χ1) is 12.7. The topological polar surface area (TPSA) is 69.7 Å². The van der Waals surface area contributed by atoms with Crippen LogP contribution in [-0.4, -0.2) is 47.3 Å². The van der Waals surface area contributed by atoms with Gasteiger partial charge in [0.05, 0.1) is 11.9 Å². The largest absolute Gasteiger partial charge is 0.373 e. The lowest BCUT2D eigenvalue weighted by atomic mass is 10.3. The number of likely N-dealkylation sites (N-methyl/N-ethyl adjacent to an activating group) is 1. The molecule has 1 amide bonds. The third-order valence-electron chi connectivity index (χ3n) is 3.83. The number of carbonyl (C=O) groups is 1. The fourth-order valence-corrected chi connectivity index (χ4v) is 3.28. The first-order valence-electron chi connectivity index (χ1n) is 8.14. The third kappa shape index (κ3) is 5.92. The Labute approximate surface area is 157 Å². The van der Waals surface area contributed by atoms with E-state index in [2.05, 4.69) is 5.32 Å². The normalized spacial score (nSPS) is 11.1. The molecule has 146 valence electrons. The molecule has 0 spiro atoms. The van der Waals surface area contributed by atoms with Crippen LogP contribution in [0.4, 0.5) is 20.2 Å². The van der Waals surface area contributed by atoms with Crippen molar-refractivity contribution in [3.63, 3.8) is 0 Å². The predicted molar refractivity (Wildman–Crippen MR) is 101 cm³/mol. The number of para-hydroxylation sites is 1. The van der Waals surface area contributed by atoms with Crippen LogP contribution >= 0.6 is 0 Å². The van der Waals surface area contributed by atoms with Gasteiger partial charge in [-0.05, 0) is 24.3 Å². The van der Waals surface area contributed by atoms with Crippen LogP contribution in [0.5, 0.6) is 0 Å². The molecule has 6 nitrogen and oxygen atoms in total. The standard InChI is InChI=1S/C18H21F2N3O3S/c1-22(15-6-4-3-5-7-15)11-10-21-18(24)13-23(27(2,25)26)17-9-8-14(19)12-16(17)20/h3-9,12H,10-11,13H2,1-2H3,(H,21,24). The van der Waals surface area contributed by atoms with Crippen LogP contribution in [0.2, 0.25) is 0 Å². The molecule has 0 bridgehead atoms. The molecule has 2 aromatic carbocycles. The fourth-order valence-electron chi connectivity index (χ4n) is 2.43. The number of benzene rings is 2. The van der Waals surface area contributed by atoms with Crippen LogP contribution in [0.3, 0.4) is 0 Å². The molecule has 0 unspecified atom stereocenters. The van der Waals surface area contributed by atoms with Gasteiger partial charge in [0.25, 0.3) is 0 Å². The number of rotatable bonds is 8. The molecule has 0 saturated heterocycles. The molecule has 0 fully saturated rings. The summed E-state index contributed by atoms with van der Waals surface area (Å²) in [4.78, 5) is 14.1. The highest BCUT2D eigenvalue weighted by atomic mass is 32.2. The predicted octanol–water partition coefficient (Wildman–Crippen LogP) is 1.98. The van der Waals surface area contributed by atoms with E-state index in [1.807, 2.05) is 42.3 Å². The lowest BCUT2D eigenvalue weighted by Gasteiger charge is -2.23. The van der Waals surface area contributed by atoms with Crippen molar-refractivity contribution in [2.45, 2.75) is 0 Å². The second kappa shape index (κ2) is 8.81. The van der Waals surface area contributed by atoms with Gasteiger partial charge in [0.1, 0.15) is 18.2 Å². The van der Waals surface area contributed by atoms with E-state index in [0.29, 0.717) is 16.9 Å². The average molecular weight is 397 g/mol. The van der Waals surface area contributed by atoms with E-state index in [1.165, 1.54) is 0 Å². The van der Waals surface area contributed by atoms with Gasteiger partial charge in [0.2, 0.25) is 15.9 Å². The molecule has 2 aromatic rings. The van der Waals surface area contributed by atoms with Crippen molar-refractivity contribution in [1.82, 2.24) is 5.32 Å². The highest BCUT2D eigenvalue weighted by Crippen LogP contribution is 2.22. The van der Waals surface area contributed by atoms with Gasteiger partial charge in [-0.3, -0.25) is 9.10 Å². The maximum atomic E-state index is 13.9. The second-order valence-electron chi connectivity index (χ2n) is 5.97. The minimum atomic E-state index is -3.93. The summed E-state index contributed by atoms with van der Waals surface area (Å²) in [7, 11) is -2.07. The summed E-state index contributed by atoms with van der Waals surface area (Å²) in [5.41, 5.74) is 0.591. The van der Waals surface area contributed by atoms with E-state index in [0.717, 1.165) is 24.1 Å². The van der Waals surface area contributed by atoms with Gasteiger partial charge >= 0.3 is 0 Å². The van der Waals surface area contributed by atoms with Gasteiger partial charge in [-0.1, -0.05) is 18.2 Å². The summed E-state index contributed by atoms with van der Waals surface area (Å²) < 4.78 is 51.5. The molecule has 0 heterocycles. The number of amides is 1. The zero-order chi connectivity index (χ0) is 20.0. The summed E-state index contributed by atoms with van der Waals surface area (Å²) in [6, 6.07) is 12.0. The molecule has 0 saturated carbocycles. The smallest absolute Gasteiger partial charge is 0.240 e. The molecule has 0 aromatic heterocycles. The first-order valence-corrected chi connectivity index (χ1v) is 9.99. The summed E-state index contributed by atoms with van der Waals surface area (Å²) in [6.07, 6.45) is 0.853. The lowest BCUT2D eigenvalue weighted by Crippen LogP contribution is -2.42. The number of hydrogen-bond acceptors (Lipinski definition) is 4. The number of nitrogens with one attached hydrogen (secondary N) is 1. The highest BCUT2D eigenvalue weighted by molar-refractivity contribution is 7.92. The van der Waals surface area contributed by atoms with Gasteiger partial charge in [0, 0.05) is 31.9 Å². The molecular formula is C18H21F2N3O3S. The lowest BCUT2D eigenvalue weighted by molar-refractivity contribution is -0.119. The highest BCUT2D eigenvalue weighted by Gasteiger charge is 2.23. The van der Waals surface area contributed by atoms with Gasteiger partial charge in [-0.15, -0.1) is 0 Å². The van der Waals surface area contributed by atoms with Crippen LogP contribution in [-0.2, 0) is 14.8 Å². The monoisotopic (exact) mass is 397 g/mol. The Morgan fingerprint density at radius 2 is 1.78 bits per heavy atom. The number of sulfonamides is 1. The Hall–Kier alpha value is -2.68. The number of anilines is 2. The summed E-state index contributed by atoms with van der Waals surface area (Å²) in [5.74, 6) is -2.49. The third-order valence-corrected chi connectivity index (χ3v) is 4.96. The minimum Gasteiger partial charge on any atom is -0.373 e. The zero-order valence-corrected chi connectivity index (χ0v) is 15.8. The quantitative estimate of drug-likeness (QED) is 0.740. The molecule has 9 heteroatoms. The van der Waals surface area contributed by atoms with E-state index >= 15 is 0 Å². The zero-order valence-electron chi connectivity index (χ0n) is 15.0. The number of carbonyl (C=O) groups excluding carboxylic acids is 1. The van der Waals surface area contributed by atoms with Crippen molar-refractivity contribution in [3.8, 4) is 0 Å². The van der Waals surface area contributed by atoms with E-state index < -0.39 is 34.1 Å². The second-order valence-corrected chi connectivity index (χ2v) is 7.88. The van der Waals surface area contributed by atoms with E-state index in [1.54, 1.807) is 0 Å². The summed E-state index contributed by atoms with van der Waals surface area (Å²) in [6.45, 7) is 0.170. The van der Waals surface area contributed by atoms with Crippen LogP contribution in [0, 0.1) is 11.6 Å². The Balaban J connectivity index is 1.98. The molecule has 0 radical (unpaired) electrons. The van der Waals surface area contributed by atoms with Crippen molar-refractivity contribution in [2.75, 3.05) is 42.1 Å². The average Bonchev–Trinajstić information content (AvgIpc) is 2.60. The molecule has 0 aliphatic rings. The van der Waals surface area contributed by atoms with Gasteiger partial charge < -0.3 is 10.2 Å². The molecule has 2 rings (SSSR count).